The summed E-state index contributed by atoms with van der Waals surface area (Å²) in [5, 5.41) is 2.67. The van der Waals surface area contributed by atoms with E-state index in [0.717, 1.165) is 5.56 Å². The van der Waals surface area contributed by atoms with Gasteiger partial charge in [-0.1, -0.05) is 13.8 Å². The van der Waals surface area contributed by atoms with Crippen LogP contribution in [0.15, 0.2) is 18.3 Å². The van der Waals surface area contributed by atoms with Crippen molar-refractivity contribution in [2.45, 2.75) is 38.2 Å². The predicted molar refractivity (Wildman–Crippen MR) is 65.2 cm³/mol. The van der Waals surface area contributed by atoms with Gasteiger partial charge in [0.2, 0.25) is 5.88 Å². The van der Waals surface area contributed by atoms with Crippen LogP contribution in [0.4, 0.5) is 8.78 Å². The molecule has 1 aromatic heterocycles. The first-order valence-electron chi connectivity index (χ1n) is 6.20. The number of nitrogens with zero attached hydrogens (tertiary/aromatic N) is 1. The van der Waals surface area contributed by atoms with Crippen LogP contribution >= 0.6 is 0 Å². The summed E-state index contributed by atoms with van der Waals surface area (Å²) in [6.45, 7) is 4.29. The first-order chi connectivity index (χ1) is 8.49. The molecule has 0 bridgehead atoms. The summed E-state index contributed by atoms with van der Waals surface area (Å²) in [5.74, 6) is -2.23. The smallest absolute Gasteiger partial charge is 0.296 e. The van der Waals surface area contributed by atoms with E-state index < -0.39 is 12.0 Å². The van der Waals surface area contributed by atoms with Gasteiger partial charge < -0.3 is 10.1 Å². The first kappa shape index (κ1) is 13.2. The van der Waals surface area contributed by atoms with Crippen molar-refractivity contribution >= 4 is 0 Å². The van der Waals surface area contributed by atoms with Crippen LogP contribution in [0.3, 0.4) is 0 Å². The minimum atomic E-state index is -2.84. The van der Waals surface area contributed by atoms with E-state index in [0.29, 0.717) is 18.9 Å². The molecule has 1 atom stereocenters. The molecule has 1 aliphatic rings. The van der Waals surface area contributed by atoms with Gasteiger partial charge in [-0.3, -0.25) is 0 Å². The van der Waals surface area contributed by atoms with E-state index in [9.17, 15) is 8.78 Å². The second-order valence-electron chi connectivity index (χ2n) is 4.92. The zero-order chi connectivity index (χ0) is 13.2. The summed E-state index contributed by atoms with van der Waals surface area (Å²) in [6.07, 6.45) is 0.804. The average molecular weight is 256 g/mol. The Morgan fingerprint density at radius 3 is 2.94 bits per heavy atom. The number of hydrogen-bond donors (Lipinski definition) is 1. The lowest BCUT2D eigenvalue weighted by Crippen LogP contribution is -2.52. The standard InChI is InChI=1S/C13H18F2N2O/c1-9(2)10-3-6-17-12(7-10)18-11-4-5-16-8-13(11,14)15/h3,6-7,9,11,16H,4-5,8H2,1-2H3. The quantitative estimate of drug-likeness (QED) is 0.902. The molecular formula is C13H18F2N2O. The maximum absolute atomic E-state index is 13.6. The highest BCUT2D eigenvalue weighted by atomic mass is 19.3. The lowest BCUT2D eigenvalue weighted by molar-refractivity contribution is -0.110. The molecule has 1 aromatic rings. The van der Waals surface area contributed by atoms with Crippen LogP contribution in [0.5, 0.6) is 5.88 Å². The predicted octanol–water partition coefficient (Wildman–Crippen LogP) is 2.58. The van der Waals surface area contributed by atoms with Gasteiger partial charge in [-0.25, -0.2) is 13.8 Å². The number of hydrogen-bond acceptors (Lipinski definition) is 3. The fourth-order valence-electron chi connectivity index (χ4n) is 1.95. The molecule has 2 rings (SSSR count). The number of pyridine rings is 1. The fraction of sp³-hybridized carbons (Fsp3) is 0.615. The molecule has 5 heteroatoms. The summed E-state index contributed by atoms with van der Waals surface area (Å²) in [6, 6.07) is 3.61. The molecule has 0 radical (unpaired) electrons. The first-order valence-corrected chi connectivity index (χ1v) is 6.20. The molecule has 0 aliphatic carbocycles. The summed E-state index contributed by atoms with van der Waals surface area (Å²) in [5.41, 5.74) is 1.04. The highest BCUT2D eigenvalue weighted by Gasteiger charge is 2.43. The van der Waals surface area contributed by atoms with Crippen molar-refractivity contribution in [1.82, 2.24) is 10.3 Å². The number of piperidine rings is 1. The van der Waals surface area contributed by atoms with E-state index in [-0.39, 0.29) is 12.4 Å². The fourth-order valence-corrected chi connectivity index (χ4v) is 1.95. The van der Waals surface area contributed by atoms with Gasteiger partial charge in [-0.2, -0.15) is 0 Å². The molecule has 0 saturated carbocycles. The highest BCUT2D eigenvalue weighted by Crippen LogP contribution is 2.28. The van der Waals surface area contributed by atoms with E-state index >= 15 is 0 Å². The average Bonchev–Trinajstić information content (AvgIpc) is 2.32. The number of rotatable bonds is 3. The molecule has 0 spiro atoms. The van der Waals surface area contributed by atoms with Crippen molar-refractivity contribution in [2.75, 3.05) is 13.1 Å². The van der Waals surface area contributed by atoms with Gasteiger partial charge >= 0.3 is 0 Å². The third-order valence-electron chi connectivity index (χ3n) is 3.10. The van der Waals surface area contributed by atoms with Crippen molar-refractivity contribution in [3.8, 4) is 5.88 Å². The SMILES string of the molecule is CC(C)c1ccnc(OC2CCNCC2(F)F)c1. The van der Waals surface area contributed by atoms with Gasteiger partial charge in [0.05, 0.1) is 6.54 Å². The highest BCUT2D eigenvalue weighted by molar-refractivity contribution is 5.23. The molecule has 0 amide bonds. The Kier molecular flexibility index (Phi) is 3.80. The molecule has 1 fully saturated rings. The van der Waals surface area contributed by atoms with Gasteiger partial charge in [-0.15, -0.1) is 0 Å². The summed E-state index contributed by atoms with van der Waals surface area (Å²) in [4.78, 5) is 4.01. The Bertz CT molecular complexity index is 410. The Morgan fingerprint density at radius 2 is 2.28 bits per heavy atom. The van der Waals surface area contributed by atoms with Crippen LogP contribution in [0.1, 0.15) is 31.7 Å². The van der Waals surface area contributed by atoms with Gasteiger partial charge in [-0.05, 0) is 24.1 Å². The molecule has 1 N–H and O–H groups in total. The topological polar surface area (TPSA) is 34.1 Å². The number of nitrogens with one attached hydrogen (secondary N) is 1. The normalized spacial score (nSPS) is 23.1. The molecule has 0 aromatic carbocycles. The molecule has 1 unspecified atom stereocenters. The Labute approximate surface area is 106 Å². The zero-order valence-electron chi connectivity index (χ0n) is 10.6. The van der Waals surface area contributed by atoms with Gasteiger partial charge in [0, 0.05) is 18.7 Å². The van der Waals surface area contributed by atoms with E-state index in [1.165, 1.54) is 0 Å². The van der Waals surface area contributed by atoms with Crippen molar-refractivity contribution < 1.29 is 13.5 Å². The Morgan fingerprint density at radius 1 is 1.50 bits per heavy atom. The Balaban J connectivity index is 2.11. The van der Waals surface area contributed by atoms with Gasteiger partial charge in [0.25, 0.3) is 5.92 Å². The molecule has 1 saturated heterocycles. The monoisotopic (exact) mass is 256 g/mol. The second kappa shape index (κ2) is 5.18. The van der Waals surface area contributed by atoms with Crippen molar-refractivity contribution in [3.63, 3.8) is 0 Å². The lowest BCUT2D eigenvalue weighted by Gasteiger charge is -2.31. The van der Waals surface area contributed by atoms with E-state index in [4.69, 9.17) is 4.74 Å². The van der Waals surface area contributed by atoms with Crippen LogP contribution in [-0.2, 0) is 0 Å². The van der Waals surface area contributed by atoms with Gasteiger partial charge in [0.15, 0.2) is 6.10 Å². The summed E-state index contributed by atoms with van der Waals surface area (Å²) >= 11 is 0. The molecule has 1 aliphatic heterocycles. The third-order valence-corrected chi connectivity index (χ3v) is 3.10. The van der Waals surface area contributed by atoms with E-state index in [1.54, 1.807) is 12.3 Å². The maximum atomic E-state index is 13.6. The minimum Gasteiger partial charge on any atom is -0.468 e. The van der Waals surface area contributed by atoms with Crippen LogP contribution in [0.25, 0.3) is 0 Å². The molecule has 3 nitrogen and oxygen atoms in total. The second-order valence-corrected chi connectivity index (χ2v) is 4.92. The van der Waals surface area contributed by atoms with Crippen molar-refractivity contribution in [2.24, 2.45) is 0 Å². The maximum Gasteiger partial charge on any atom is 0.296 e. The van der Waals surface area contributed by atoms with Crippen LogP contribution in [-0.4, -0.2) is 30.1 Å². The minimum absolute atomic E-state index is 0.285. The van der Waals surface area contributed by atoms with E-state index in [1.807, 2.05) is 19.9 Å². The van der Waals surface area contributed by atoms with Crippen molar-refractivity contribution in [1.29, 1.82) is 0 Å². The molecular weight excluding hydrogens is 238 g/mol. The lowest BCUT2D eigenvalue weighted by atomic mass is 10.0. The summed E-state index contributed by atoms with van der Waals surface area (Å²) in [7, 11) is 0. The molecule has 2 heterocycles. The third kappa shape index (κ3) is 2.96. The largest absolute Gasteiger partial charge is 0.468 e. The van der Waals surface area contributed by atoms with Crippen molar-refractivity contribution in [3.05, 3.63) is 23.9 Å². The van der Waals surface area contributed by atoms with Gasteiger partial charge in [0.1, 0.15) is 0 Å². The molecule has 100 valence electrons. The molecule has 18 heavy (non-hydrogen) atoms. The van der Waals surface area contributed by atoms with E-state index in [2.05, 4.69) is 10.3 Å². The number of halogens is 2. The number of ether oxygens (including phenoxy) is 1. The summed E-state index contributed by atoms with van der Waals surface area (Å²) < 4.78 is 32.6. The van der Waals surface area contributed by atoms with Crippen LogP contribution < -0.4 is 10.1 Å². The number of aromatic nitrogens is 1. The van der Waals surface area contributed by atoms with Crippen LogP contribution in [0.2, 0.25) is 0 Å². The van der Waals surface area contributed by atoms with Crippen LogP contribution in [0, 0.1) is 0 Å². The Hall–Kier alpha value is -1.23. The zero-order valence-corrected chi connectivity index (χ0v) is 10.6. The number of alkyl halides is 2.